The van der Waals surface area contributed by atoms with E-state index >= 15 is 0 Å². The van der Waals surface area contributed by atoms with Gasteiger partial charge in [-0.05, 0) is 5.92 Å². The molecule has 0 fully saturated rings. The van der Waals surface area contributed by atoms with Crippen LogP contribution in [0.5, 0.6) is 0 Å². The van der Waals surface area contributed by atoms with E-state index in [0.29, 0.717) is 11.5 Å². The third kappa shape index (κ3) is 0.958. The number of hydrogen-bond acceptors (Lipinski definition) is 4. The van der Waals surface area contributed by atoms with E-state index in [0.717, 1.165) is 11.2 Å². The van der Waals surface area contributed by atoms with Crippen molar-refractivity contribution in [2.24, 2.45) is 0 Å². The molecule has 0 bridgehead atoms. The van der Waals surface area contributed by atoms with Gasteiger partial charge in [0.1, 0.15) is 5.52 Å². The number of hydrogen-bond donors (Lipinski definition) is 0. The predicted octanol–water partition coefficient (Wildman–Crippen LogP) is 1.74. The first kappa shape index (κ1) is 7.21. The molecule has 62 valence electrons. The van der Waals surface area contributed by atoms with Crippen molar-refractivity contribution in [3.05, 3.63) is 18.3 Å². The molecule has 0 spiro atoms. The molecule has 0 aliphatic rings. The van der Waals surface area contributed by atoms with Crippen LogP contribution in [0.1, 0.15) is 25.5 Å². The fourth-order valence-electron chi connectivity index (χ4n) is 1.12. The minimum Gasteiger partial charge on any atom is -0.442 e. The van der Waals surface area contributed by atoms with Crippen LogP contribution < -0.4 is 0 Å². The number of aromatic nitrogens is 3. The molecule has 2 aromatic heterocycles. The quantitative estimate of drug-likeness (QED) is 0.642. The molecule has 12 heavy (non-hydrogen) atoms. The van der Waals surface area contributed by atoms with Crippen LogP contribution in [0.4, 0.5) is 0 Å². The van der Waals surface area contributed by atoms with E-state index < -0.39 is 0 Å². The summed E-state index contributed by atoms with van der Waals surface area (Å²) >= 11 is 0. The van der Waals surface area contributed by atoms with E-state index in [1.54, 1.807) is 6.20 Å². The Morgan fingerprint density at radius 1 is 1.42 bits per heavy atom. The first-order valence-electron chi connectivity index (χ1n) is 3.84. The lowest BCUT2D eigenvalue weighted by atomic mass is 10.1. The van der Waals surface area contributed by atoms with E-state index in [1.165, 1.54) is 6.39 Å². The van der Waals surface area contributed by atoms with Gasteiger partial charge in [-0.1, -0.05) is 13.8 Å². The van der Waals surface area contributed by atoms with Crippen molar-refractivity contribution >= 4 is 11.1 Å². The van der Waals surface area contributed by atoms with Gasteiger partial charge in [0.05, 0.1) is 11.9 Å². The highest BCUT2D eigenvalue weighted by Crippen LogP contribution is 2.19. The molecule has 2 rings (SSSR count). The second-order valence-electron chi connectivity index (χ2n) is 2.95. The van der Waals surface area contributed by atoms with Crippen LogP contribution >= 0.6 is 0 Å². The third-order valence-electron chi connectivity index (χ3n) is 1.72. The fourth-order valence-corrected chi connectivity index (χ4v) is 1.12. The van der Waals surface area contributed by atoms with Crippen molar-refractivity contribution in [1.82, 2.24) is 15.2 Å². The van der Waals surface area contributed by atoms with E-state index in [1.807, 2.05) is 0 Å². The topological polar surface area (TPSA) is 51.8 Å². The smallest absolute Gasteiger partial charge is 0.182 e. The second kappa shape index (κ2) is 2.55. The summed E-state index contributed by atoms with van der Waals surface area (Å²) < 4.78 is 5.10. The van der Waals surface area contributed by atoms with E-state index in [2.05, 4.69) is 29.0 Å². The lowest BCUT2D eigenvalue weighted by Gasteiger charge is -2.00. The van der Waals surface area contributed by atoms with Crippen LogP contribution in [-0.4, -0.2) is 15.2 Å². The SMILES string of the molecule is CC(C)c1nncc2ocnc12. The summed E-state index contributed by atoms with van der Waals surface area (Å²) in [6.07, 6.45) is 2.99. The lowest BCUT2D eigenvalue weighted by Crippen LogP contribution is -1.95. The van der Waals surface area contributed by atoms with Gasteiger partial charge in [0.2, 0.25) is 0 Å². The lowest BCUT2D eigenvalue weighted by molar-refractivity contribution is 0.599. The van der Waals surface area contributed by atoms with Gasteiger partial charge in [-0.15, -0.1) is 0 Å². The van der Waals surface area contributed by atoms with Crippen molar-refractivity contribution in [3.8, 4) is 0 Å². The van der Waals surface area contributed by atoms with Gasteiger partial charge >= 0.3 is 0 Å². The summed E-state index contributed by atoms with van der Waals surface area (Å²) in [4.78, 5) is 4.07. The Hall–Kier alpha value is -1.45. The summed E-state index contributed by atoms with van der Waals surface area (Å²) in [6.45, 7) is 4.11. The zero-order valence-electron chi connectivity index (χ0n) is 6.98. The van der Waals surface area contributed by atoms with Gasteiger partial charge in [0, 0.05) is 0 Å². The molecule has 0 aliphatic heterocycles. The average Bonchev–Trinajstić information content (AvgIpc) is 2.49. The van der Waals surface area contributed by atoms with Crippen molar-refractivity contribution in [3.63, 3.8) is 0 Å². The molecule has 2 aromatic rings. The van der Waals surface area contributed by atoms with Crippen LogP contribution in [0.25, 0.3) is 11.1 Å². The monoisotopic (exact) mass is 163 g/mol. The molecule has 0 amide bonds. The Morgan fingerprint density at radius 2 is 2.25 bits per heavy atom. The molecular weight excluding hydrogens is 154 g/mol. The molecule has 0 saturated heterocycles. The van der Waals surface area contributed by atoms with Gasteiger partial charge in [-0.3, -0.25) is 0 Å². The Labute approximate surface area is 69.6 Å². The van der Waals surface area contributed by atoms with Gasteiger partial charge < -0.3 is 4.42 Å². The van der Waals surface area contributed by atoms with Crippen molar-refractivity contribution in [2.75, 3.05) is 0 Å². The molecule has 2 heterocycles. The molecule has 0 aromatic carbocycles. The highest BCUT2D eigenvalue weighted by Gasteiger charge is 2.09. The molecule has 0 unspecified atom stereocenters. The summed E-state index contributed by atoms with van der Waals surface area (Å²) in [5, 5.41) is 7.83. The largest absolute Gasteiger partial charge is 0.442 e. The fraction of sp³-hybridized carbons (Fsp3) is 0.375. The first-order chi connectivity index (χ1) is 5.79. The minimum absolute atomic E-state index is 0.325. The average molecular weight is 163 g/mol. The molecule has 4 nitrogen and oxygen atoms in total. The summed E-state index contributed by atoms with van der Waals surface area (Å²) in [5.41, 5.74) is 2.41. The number of rotatable bonds is 1. The van der Waals surface area contributed by atoms with Crippen molar-refractivity contribution in [1.29, 1.82) is 0 Å². The highest BCUT2D eigenvalue weighted by atomic mass is 16.3. The van der Waals surface area contributed by atoms with Gasteiger partial charge in [-0.25, -0.2) is 4.98 Å². The van der Waals surface area contributed by atoms with Crippen LogP contribution in [0.3, 0.4) is 0 Å². The van der Waals surface area contributed by atoms with E-state index in [-0.39, 0.29) is 0 Å². The first-order valence-corrected chi connectivity index (χ1v) is 3.84. The molecular formula is C8H9N3O. The zero-order valence-corrected chi connectivity index (χ0v) is 6.98. The summed E-state index contributed by atoms with van der Waals surface area (Å²) in [5.74, 6) is 0.325. The molecule has 0 radical (unpaired) electrons. The van der Waals surface area contributed by atoms with Crippen LogP contribution in [-0.2, 0) is 0 Å². The summed E-state index contributed by atoms with van der Waals surface area (Å²) in [6, 6.07) is 0. The highest BCUT2D eigenvalue weighted by molar-refractivity contribution is 5.73. The van der Waals surface area contributed by atoms with Crippen LogP contribution in [0.2, 0.25) is 0 Å². The molecule has 0 saturated carbocycles. The van der Waals surface area contributed by atoms with E-state index in [4.69, 9.17) is 4.42 Å². The maximum Gasteiger partial charge on any atom is 0.182 e. The maximum absolute atomic E-state index is 5.10. The van der Waals surface area contributed by atoms with Gasteiger partial charge in [-0.2, -0.15) is 10.2 Å². The van der Waals surface area contributed by atoms with Gasteiger partial charge in [0.15, 0.2) is 12.0 Å². The molecule has 0 N–H and O–H groups in total. The van der Waals surface area contributed by atoms with Crippen LogP contribution in [0, 0.1) is 0 Å². The summed E-state index contributed by atoms with van der Waals surface area (Å²) in [7, 11) is 0. The van der Waals surface area contributed by atoms with Crippen molar-refractivity contribution in [2.45, 2.75) is 19.8 Å². The van der Waals surface area contributed by atoms with Gasteiger partial charge in [0.25, 0.3) is 0 Å². The zero-order chi connectivity index (χ0) is 8.55. The van der Waals surface area contributed by atoms with Crippen LogP contribution in [0.15, 0.2) is 17.0 Å². The molecule has 0 atom stereocenters. The molecule has 4 heteroatoms. The third-order valence-corrected chi connectivity index (χ3v) is 1.72. The minimum atomic E-state index is 0.325. The Morgan fingerprint density at radius 3 is 3.00 bits per heavy atom. The number of fused-ring (bicyclic) bond motifs is 1. The van der Waals surface area contributed by atoms with Crippen molar-refractivity contribution < 1.29 is 4.42 Å². The number of oxazole rings is 1. The Kier molecular flexibility index (Phi) is 1.53. The number of nitrogens with zero attached hydrogens (tertiary/aromatic N) is 3. The Balaban J connectivity index is 2.73. The second-order valence-corrected chi connectivity index (χ2v) is 2.95. The Bertz CT molecular complexity index is 394. The normalized spacial score (nSPS) is 11.2. The predicted molar refractivity (Wildman–Crippen MR) is 43.7 cm³/mol. The standard InChI is InChI=1S/C8H9N3O/c1-5(2)7-8-6(3-10-11-7)12-4-9-8/h3-5H,1-2H3. The molecule has 0 aliphatic carbocycles. The maximum atomic E-state index is 5.10. The van der Waals surface area contributed by atoms with E-state index in [9.17, 15) is 0 Å².